The van der Waals surface area contributed by atoms with Crippen molar-refractivity contribution in [2.75, 3.05) is 32.6 Å². The Labute approximate surface area is 165 Å². The van der Waals surface area contributed by atoms with Crippen LogP contribution in [0.3, 0.4) is 0 Å². The van der Waals surface area contributed by atoms with Crippen molar-refractivity contribution in [2.45, 2.75) is 29.3 Å². The van der Waals surface area contributed by atoms with Gasteiger partial charge in [0.25, 0.3) is 0 Å². The van der Waals surface area contributed by atoms with E-state index in [9.17, 15) is 5.11 Å². The summed E-state index contributed by atoms with van der Waals surface area (Å²) >= 11 is 1.77. The van der Waals surface area contributed by atoms with Crippen LogP contribution >= 0.6 is 11.8 Å². The number of nitrogens with one attached hydrogen (secondary N) is 1. The zero-order chi connectivity index (χ0) is 18.9. The second-order valence-corrected chi connectivity index (χ2v) is 8.36. The first kappa shape index (κ1) is 18.5. The van der Waals surface area contributed by atoms with Crippen LogP contribution in [-0.4, -0.2) is 48.4 Å². The van der Waals surface area contributed by atoms with Gasteiger partial charge in [-0.2, -0.15) is 0 Å². The molecule has 2 heterocycles. The van der Waals surface area contributed by atoms with Crippen LogP contribution in [0.5, 0.6) is 0 Å². The lowest BCUT2D eigenvalue weighted by Gasteiger charge is -2.37. The van der Waals surface area contributed by atoms with Gasteiger partial charge in [0, 0.05) is 23.5 Å². The quantitative estimate of drug-likeness (QED) is 0.479. The number of benzene rings is 2. The predicted octanol–water partition coefficient (Wildman–Crippen LogP) is 3.83. The zero-order valence-electron chi connectivity index (χ0n) is 15.6. The van der Waals surface area contributed by atoms with E-state index in [0.29, 0.717) is 25.0 Å². The summed E-state index contributed by atoms with van der Waals surface area (Å²) in [6.07, 6.45) is 4.26. The number of rotatable bonds is 4. The van der Waals surface area contributed by atoms with Crippen LogP contribution in [0.2, 0.25) is 0 Å². The molecule has 0 amide bonds. The van der Waals surface area contributed by atoms with E-state index in [4.69, 9.17) is 10.1 Å². The lowest BCUT2D eigenvalue weighted by atomic mass is 9.89. The SMILES string of the molecule is CSc1ccc(C2CCN(C(=N)c3ccc(C4(O)COC4)cc3)CC2)cc1. The van der Waals surface area contributed by atoms with E-state index in [1.807, 2.05) is 24.3 Å². The first-order valence-corrected chi connectivity index (χ1v) is 10.7. The van der Waals surface area contributed by atoms with Gasteiger partial charge >= 0.3 is 0 Å². The van der Waals surface area contributed by atoms with Crippen LogP contribution in [0, 0.1) is 5.41 Å². The molecule has 2 aromatic rings. The van der Waals surface area contributed by atoms with Gasteiger partial charge in [0.1, 0.15) is 11.4 Å². The molecular formula is C22H26N2O2S. The van der Waals surface area contributed by atoms with Crippen LogP contribution in [0.1, 0.15) is 35.4 Å². The molecule has 2 N–H and O–H groups in total. The third-order valence-electron chi connectivity index (χ3n) is 5.78. The summed E-state index contributed by atoms with van der Waals surface area (Å²) in [5.74, 6) is 1.16. The molecule has 0 aliphatic carbocycles. The van der Waals surface area contributed by atoms with Crippen LogP contribution in [-0.2, 0) is 10.3 Å². The molecule has 2 aromatic carbocycles. The fourth-order valence-electron chi connectivity index (χ4n) is 3.90. The number of amidine groups is 1. The Bertz CT molecular complexity index is 792. The second kappa shape index (κ2) is 7.66. The van der Waals surface area contributed by atoms with Crippen LogP contribution < -0.4 is 0 Å². The Morgan fingerprint density at radius 1 is 1.07 bits per heavy atom. The van der Waals surface area contributed by atoms with Gasteiger partial charge in [-0.1, -0.05) is 36.4 Å². The topological polar surface area (TPSA) is 56.6 Å². The maximum Gasteiger partial charge on any atom is 0.136 e. The van der Waals surface area contributed by atoms with Crippen molar-refractivity contribution >= 4 is 17.6 Å². The predicted molar refractivity (Wildman–Crippen MR) is 110 cm³/mol. The second-order valence-electron chi connectivity index (χ2n) is 7.48. The normalized spacial score (nSPS) is 19.6. The van der Waals surface area contributed by atoms with Gasteiger partial charge < -0.3 is 14.7 Å². The number of hydrogen-bond donors (Lipinski definition) is 2. The lowest BCUT2D eigenvalue weighted by molar-refractivity contribution is -0.184. The molecule has 0 radical (unpaired) electrons. The van der Waals surface area contributed by atoms with E-state index in [0.717, 1.165) is 37.1 Å². The molecule has 0 aromatic heterocycles. The number of hydrogen-bond acceptors (Lipinski definition) is 4. The molecule has 2 fully saturated rings. The smallest absolute Gasteiger partial charge is 0.136 e. The minimum atomic E-state index is -0.842. The highest BCUT2D eigenvalue weighted by molar-refractivity contribution is 7.98. The van der Waals surface area contributed by atoms with Crippen LogP contribution in [0.15, 0.2) is 53.4 Å². The fraction of sp³-hybridized carbons (Fsp3) is 0.409. The van der Waals surface area contributed by atoms with Crippen LogP contribution in [0.25, 0.3) is 0 Å². The van der Waals surface area contributed by atoms with E-state index < -0.39 is 5.60 Å². The van der Waals surface area contributed by atoms with Crippen LogP contribution in [0.4, 0.5) is 0 Å². The maximum atomic E-state index is 10.3. The number of piperidine rings is 1. The monoisotopic (exact) mass is 382 g/mol. The largest absolute Gasteiger partial charge is 0.380 e. The summed E-state index contributed by atoms with van der Waals surface area (Å²) in [4.78, 5) is 3.47. The van der Waals surface area contributed by atoms with Crippen molar-refractivity contribution in [3.63, 3.8) is 0 Å². The average molecular weight is 383 g/mol. The van der Waals surface area contributed by atoms with Crippen molar-refractivity contribution in [1.82, 2.24) is 4.90 Å². The fourth-order valence-corrected chi connectivity index (χ4v) is 4.30. The van der Waals surface area contributed by atoms with Gasteiger partial charge in [-0.25, -0.2) is 0 Å². The van der Waals surface area contributed by atoms with Crippen molar-refractivity contribution in [2.24, 2.45) is 0 Å². The zero-order valence-corrected chi connectivity index (χ0v) is 16.5. The van der Waals surface area contributed by atoms with E-state index in [1.54, 1.807) is 11.8 Å². The Morgan fingerprint density at radius 2 is 1.70 bits per heavy atom. The van der Waals surface area contributed by atoms with E-state index in [2.05, 4.69) is 35.4 Å². The number of likely N-dealkylation sites (tertiary alicyclic amines) is 1. The Kier molecular flexibility index (Phi) is 5.26. The summed E-state index contributed by atoms with van der Waals surface area (Å²) in [6.45, 7) is 2.53. The molecule has 4 nitrogen and oxygen atoms in total. The third kappa shape index (κ3) is 3.77. The van der Waals surface area contributed by atoms with Crippen molar-refractivity contribution < 1.29 is 9.84 Å². The Balaban J connectivity index is 1.36. The van der Waals surface area contributed by atoms with Gasteiger partial charge in [0.05, 0.1) is 13.2 Å². The van der Waals surface area contributed by atoms with Gasteiger partial charge in [-0.05, 0) is 48.3 Å². The maximum absolute atomic E-state index is 10.3. The van der Waals surface area contributed by atoms with Gasteiger partial charge in [-0.3, -0.25) is 5.41 Å². The molecule has 0 saturated carbocycles. The highest BCUT2D eigenvalue weighted by Gasteiger charge is 2.37. The van der Waals surface area contributed by atoms with Crippen molar-refractivity contribution in [3.05, 3.63) is 65.2 Å². The average Bonchev–Trinajstić information content (AvgIpc) is 2.72. The van der Waals surface area contributed by atoms with Gasteiger partial charge in [-0.15, -0.1) is 11.8 Å². The molecule has 2 aliphatic rings. The van der Waals surface area contributed by atoms with Crippen molar-refractivity contribution in [3.8, 4) is 0 Å². The Hall–Kier alpha value is -1.82. The molecule has 2 saturated heterocycles. The summed E-state index contributed by atoms with van der Waals surface area (Å²) < 4.78 is 5.12. The minimum absolute atomic E-state index is 0.356. The summed E-state index contributed by atoms with van der Waals surface area (Å²) in [5, 5.41) is 18.9. The van der Waals surface area contributed by atoms with Gasteiger partial charge in [0.2, 0.25) is 0 Å². The van der Waals surface area contributed by atoms with Crippen molar-refractivity contribution in [1.29, 1.82) is 5.41 Å². The van der Waals surface area contributed by atoms with E-state index in [1.165, 1.54) is 10.5 Å². The number of ether oxygens (including phenoxy) is 1. The number of aliphatic hydroxyl groups is 1. The molecule has 2 aliphatic heterocycles. The first-order valence-electron chi connectivity index (χ1n) is 9.47. The number of nitrogens with zero attached hydrogens (tertiary/aromatic N) is 1. The highest BCUT2D eigenvalue weighted by atomic mass is 32.2. The molecule has 0 atom stereocenters. The number of thioether (sulfide) groups is 1. The molecule has 0 unspecified atom stereocenters. The molecule has 0 spiro atoms. The standard InChI is InChI=1S/C22H26N2O2S/c1-27-20-8-4-16(5-9-20)17-10-12-24(13-11-17)21(23)18-2-6-19(7-3-18)22(25)14-26-15-22/h2-9,17,23,25H,10-15H2,1H3. The summed E-state index contributed by atoms with van der Waals surface area (Å²) in [5.41, 5.74) is 2.35. The molecular weight excluding hydrogens is 356 g/mol. The van der Waals surface area contributed by atoms with Gasteiger partial charge in [0.15, 0.2) is 0 Å². The summed E-state index contributed by atoms with van der Waals surface area (Å²) in [6, 6.07) is 16.7. The lowest BCUT2D eigenvalue weighted by Crippen LogP contribution is -2.46. The summed E-state index contributed by atoms with van der Waals surface area (Å²) in [7, 11) is 0. The van der Waals surface area contributed by atoms with E-state index in [-0.39, 0.29) is 0 Å². The van der Waals surface area contributed by atoms with E-state index >= 15 is 0 Å². The molecule has 5 heteroatoms. The molecule has 4 rings (SSSR count). The first-order chi connectivity index (χ1) is 13.1. The molecule has 142 valence electrons. The highest BCUT2D eigenvalue weighted by Crippen LogP contribution is 2.31. The third-order valence-corrected chi connectivity index (χ3v) is 6.52. The molecule has 27 heavy (non-hydrogen) atoms. The Morgan fingerprint density at radius 3 is 2.22 bits per heavy atom. The minimum Gasteiger partial charge on any atom is -0.380 e. The molecule has 0 bridgehead atoms.